The molecule has 1 unspecified atom stereocenters. The number of rotatable bonds is 3. The maximum Gasteiger partial charge on any atom is 0.265 e. The highest BCUT2D eigenvalue weighted by Gasteiger charge is 2.47. The number of thioether (sulfide) groups is 1. The van der Waals surface area contributed by atoms with E-state index < -0.39 is 5.38 Å². The molecule has 3 heterocycles. The molecule has 0 N–H and O–H groups in total. The van der Waals surface area contributed by atoms with Gasteiger partial charge in [0.2, 0.25) is 5.91 Å². The van der Waals surface area contributed by atoms with Crippen molar-refractivity contribution in [1.29, 1.82) is 0 Å². The maximum absolute atomic E-state index is 12.9. The number of carbonyl (C=O) groups is 2. The molecule has 2 aliphatic heterocycles. The summed E-state index contributed by atoms with van der Waals surface area (Å²) >= 11 is 9.77. The topological polar surface area (TPSA) is 40.6 Å². The SMILES string of the molecule is O=C(C(Cl)c1ccccc1)N1CCC2(CC1)SCCN2C(=O)c1cccs1. The summed E-state index contributed by atoms with van der Waals surface area (Å²) in [5.41, 5.74) is 0.828. The lowest BCUT2D eigenvalue weighted by atomic mass is 10.0. The van der Waals surface area contributed by atoms with E-state index in [1.807, 2.05) is 69.4 Å². The van der Waals surface area contributed by atoms with Crippen LogP contribution < -0.4 is 0 Å². The molecule has 1 atom stereocenters. The van der Waals surface area contributed by atoms with Crippen LogP contribution in [-0.2, 0) is 4.79 Å². The van der Waals surface area contributed by atoms with E-state index in [1.165, 1.54) is 11.3 Å². The third-order valence-corrected chi connectivity index (χ3v) is 8.17. The van der Waals surface area contributed by atoms with Crippen molar-refractivity contribution in [1.82, 2.24) is 9.80 Å². The van der Waals surface area contributed by atoms with Gasteiger partial charge in [-0.1, -0.05) is 36.4 Å². The van der Waals surface area contributed by atoms with Crippen molar-refractivity contribution < 1.29 is 9.59 Å². The predicted octanol–water partition coefficient (Wildman–Crippen LogP) is 4.24. The Morgan fingerprint density at radius 2 is 1.78 bits per heavy atom. The molecule has 0 aliphatic carbocycles. The van der Waals surface area contributed by atoms with Gasteiger partial charge in [-0.3, -0.25) is 9.59 Å². The van der Waals surface area contributed by atoms with E-state index in [1.54, 1.807) is 0 Å². The van der Waals surface area contributed by atoms with E-state index in [9.17, 15) is 9.59 Å². The third kappa shape index (κ3) is 3.62. The Kier molecular flexibility index (Phi) is 5.48. The number of thiophene rings is 1. The van der Waals surface area contributed by atoms with Gasteiger partial charge >= 0.3 is 0 Å². The molecule has 2 aliphatic rings. The summed E-state index contributed by atoms with van der Waals surface area (Å²) < 4.78 is 0. The fraction of sp³-hybridized carbons (Fsp3) is 0.400. The largest absolute Gasteiger partial charge is 0.341 e. The summed E-state index contributed by atoms with van der Waals surface area (Å²) in [5, 5.41) is 1.29. The van der Waals surface area contributed by atoms with Crippen molar-refractivity contribution in [2.75, 3.05) is 25.4 Å². The number of alkyl halides is 1. The third-order valence-electron chi connectivity index (χ3n) is 5.32. The summed E-state index contributed by atoms with van der Waals surface area (Å²) in [6.45, 7) is 2.05. The highest BCUT2D eigenvalue weighted by molar-refractivity contribution is 8.00. The van der Waals surface area contributed by atoms with Gasteiger partial charge in [0, 0.05) is 25.4 Å². The molecule has 1 aromatic heterocycles. The first-order valence-electron chi connectivity index (χ1n) is 9.08. The van der Waals surface area contributed by atoms with Crippen LogP contribution in [0.2, 0.25) is 0 Å². The number of likely N-dealkylation sites (tertiary alicyclic amines) is 1. The summed E-state index contributed by atoms with van der Waals surface area (Å²) in [5.74, 6) is 1.03. The van der Waals surface area contributed by atoms with E-state index >= 15 is 0 Å². The molecule has 1 spiro atoms. The Bertz CT molecular complexity index is 805. The number of amides is 2. The summed E-state index contributed by atoms with van der Waals surface area (Å²) in [7, 11) is 0. The second-order valence-corrected chi connectivity index (χ2v) is 9.67. The average molecular weight is 421 g/mol. The minimum absolute atomic E-state index is 0.0446. The predicted molar refractivity (Wildman–Crippen MR) is 111 cm³/mol. The highest BCUT2D eigenvalue weighted by atomic mass is 35.5. The van der Waals surface area contributed by atoms with Crippen molar-refractivity contribution in [3.05, 3.63) is 58.3 Å². The molecule has 2 fully saturated rings. The zero-order valence-electron chi connectivity index (χ0n) is 14.8. The quantitative estimate of drug-likeness (QED) is 0.697. The highest BCUT2D eigenvalue weighted by Crippen LogP contribution is 2.45. The van der Waals surface area contributed by atoms with Crippen molar-refractivity contribution in [2.45, 2.75) is 23.1 Å². The number of nitrogens with zero attached hydrogens (tertiary/aromatic N) is 2. The minimum atomic E-state index is -0.652. The van der Waals surface area contributed by atoms with Crippen molar-refractivity contribution in [3.63, 3.8) is 0 Å². The first-order chi connectivity index (χ1) is 13.1. The Hall–Kier alpha value is -1.50. The number of piperidine rings is 1. The van der Waals surface area contributed by atoms with Gasteiger partial charge in [0.05, 0.1) is 9.75 Å². The van der Waals surface area contributed by atoms with Crippen LogP contribution in [0.5, 0.6) is 0 Å². The number of benzene rings is 1. The second-order valence-electron chi connectivity index (χ2n) is 6.83. The Morgan fingerprint density at radius 3 is 2.44 bits per heavy atom. The lowest BCUT2D eigenvalue weighted by molar-refractivity contribution is -0.132. The van der Waals surface area contributed by atoms with E-state index in [4.69, 9.17) is 11.6 Å². The normalized spacial score (nSPS) is 20.0. The molecule has 1 aromatic carbocycles. The van der Waals surface area contributed by atoms with Gasteiger partial charge < -0.3 is 9.80 Å². The number of hydrogen-bond donors (Lipinski definition) is 0. The smallest absolute Gasteiger partial charge is 0.265 e. The van der Waals surface area contributed by atoms with Crippen molar-refractivity contribution in [2.24, 2.45) is 0 Å². The molecule has 4 rings (SSSR count). The van der Waals surface area contributed by atoms with Gasteiger partial charge in [-0.2, -0.15) is 0 Å². The fourth-order valence-electron chi connectivity index (χ4n) is 3.84. The molecule has 7 heteroatoms. The molecule has 4 nitrogen and oxygen atoms in total. The Balaban J connectivity index is 1.43. The van der Waals surface area contributed by atoms with Crippen LogP contribution in [-0.4, -0.2) is 51.9 Å². The van der Waals surface area contributed by atoms with Crippen LogP contribution in [0.15, 0.2) is 47.8 Å². The first kappa shape index (κ1) is 18.8. The van der Waals surface area contributed by atoms with Gasteiger partial charge in [0.15, 0.2) is 0 Å². The van der Waals surface area contributed by atoms with Crippen LogP contribution in [0.4, 0.5) is 0 Å². The van der Waals surface area contributed by atoms with E-state index in [-0.39, 0.29) is 16.7 Å². The minimum Gasteiger partial charge on any atom is -0.341 e. The van der Waals surface area contributed by atoms with Gasteiger partial charge in [0.1, 0.15) is 5.38 Å². The number of carbonyl (C=O) groups excluding carboxylic acids is 2. The molecular weight excluding hydrogens is 400 g/mol. The van der Waals surface area contributed by atoms with E-state index in [0.717, 1.165) is 35.6 Å². The van der Waals surface area contributed by atoms with Crippen LogP contribution in [0.1, 0.15) is 33.5 Å². The lowest BCUT2D eigenvalue weighted by Gasteiger charge is -2.44. The van der Waals surface area contributed by atoms with Crippen molar-refractivity contribution >= 4 is 46.5 Å². The molecule has 27 heavy (non-hydrogen) atoms. The molecule has 0 saturated carbocycles. The van der Waals surface area contributed by atoms with Gasteiger partial charge in [0.25, 0.3) is 5.91 Å². The summed E-state index contributed by atoms with van der Waals surface area (Å²) in [6, 6.07) is 13.3. The fourth-order valence-corrected chi connectivity index (χ4v) is 6.25. The average Bonchev–Trinajstić information content (AvgIpc) is 3.38. The van der Waals surface area contributed by atoms with Crippen LogP contribution >= 0.6 is 34.7 Å². The first-order valence-corrected chi connectivity index (χ1v) is 11.4. The molecule has 142 valence electrons. The number of hydrogen-bond acceptors (Lipinski definition) is 4. The van der Waals surface area contributed by atoms with E-state index in [0.29, 0.717) is 13.1 Å². The Labute approximate surface area is 172 Å². The number of halogens is 1. The lowest BCUT2D eigenvalue weighted by Crippen LogP contribution is -2.53. The molecular formula is C20H21ClN2O2S2. The maximum atomic E-state index is 12.9. The zero-order chi connectivity index (χ0) is 18.9. The summed E-state index contributed by atoms with van der Waals surface area (Å²) in [4.78, 5) is 30.2. The van der Waals surface area contributed by atoms with E-state index in [2.05, 4.69) is 0 Å². The molecule has 2 amide bonds. The van der Waals surface area contributed by atoms with Gasteiger partial charge in [-0.05, 0) is 29.9 Å². The molecule has 0 radical (unpaired) electrons. The monoisotopic (exact) mass is 420 g/mol. The van der Waals surface area contributed by atoms with Crippen LogP contribution in [0.3, 0.4) is 0 Å². The van der Waals surface area contributed by atoms with Crippen LogP contribution in [0, 0.1) is 0 Å². The van der Waals surface area contributed by atoms with Gasteiger partial charge in [-0.25, -0.2) is 0 Å². The zero-order valence-corrected chi connectivity index (χ0v) is 17.2. The summed E-state index contributed by atoms with van der Waals surface area (Å²) in [6.07, 6.45) is 1.58. The van der Waals surface area contributed by atoms with Crippen LogP contribution in [0.25, 0.3) is 0 Å². The molecule has 2 saturated heterocycles. The Morgan fingerprint density at radius 1 is 1.04 bits per heavy atom. The van der Waals surface area contributed by atoms with Gasteiger partial charge in [-0.15, -0.1) is 34.7 Å². The second kappa shape index (κ2) is 7.86. The van der Waals surface area contributed by atoms with Crippen molar-refractivity contribution in [3.8, 4) is 0 Å². The molecule has 0 bridgehead atoms. The molecule has 2 aromatic rings. The standard InChI is InChI=1S/C20H21ClN2O2S2/c21-17(15-5-2-1-3-6-15)19(25)22-10-8-20(9-11-22)23(12-14-27-20)18(24)16-7-4-13-26-16/h1-7,13,17H,8-12,14H2.